The van der Waals surface area contributed by atoms with Crippen LogP contribution in [0, 0.1) is 11.8 Å². The lowest BCUT2D eigenvalue weighted by atomic mass is 9.73. The van der Waals surface area contributed by atoms with Crippen LogP contribution in [0.5, 0.6) is 0 Å². The zero-order valence-electron chi connectivity index (χ0n) is 19.8. The third-order valence-electron chi connectivity index (χ3n) is 6.95. The number of amides is 1. The number of alkyl carbamates (subject to hydrolysis) is 1. The van der Waals surface area contributed by atoms with Crippen molar-refractivity contribution in [1.29, 1.82) is 0 Å². The van der Waals surface area contributed by atoms with Crippen LogP contribution in [-0.4, -0.2) is 75.5 Å². The number of rotatable bonds is 12. The lowest BCUT2D eigenvalue weighted by molar-refractivity contribution is -0.143. The van der Waals surface area contributed by atoms with Crippen molar-refractivity contribution in [2.45, 2.75) is 94.9 Å². The van der Waals surface area contributed by atoms with Crippen LogP contribution in [0.1, 0.15) is 58.8 Å². The molecule has 2 aliphatic heterocycles. The van der Waals surface area contributed by atoms with E-state index in [2.05, 4.69) is 19.2 Å². The van der Waals surface area contributed by atoms with Crippen molar-refractivity contribution in [3.63, 3.8) is 0 Å². The fraction of sp³-hybridized carbons (Fsp3) is 0.913. The summed E-state index contributed by atoms with van der Waals surface area (Å²) in [7, 11) is 2.95. The third kappa shape index (κ3) is 6.12. The van der Waals surface area contributed by atoms with Crippen molar-refractivity contribution in [1.82, 2.24) is 5.32 Å². The van der Waals surface area contributed by atoms with E-state index in [9.17, 15) is 9.59 Å². The maximum atomic E-state index is 12.7. The molecule has 0 bridgehead atoms. The first kappa shape index (κ1) is 25.2. The maximum absolute atomic E-state index is 12.7. The summed E-state index contributed by atoms with van der Waals surface area (Å²) in [4.78, 5) is 24.7. The Balaban J connectivity index is 1.59. The van der Waals surface area contributed by atoms with Gasteiger partial charge in [-0.1, -0.05) is 13.8 Å². The first-order valence-corrected chi connectivity index (χ1v) is 11.9. The van der Waals surface area contributed by atoms with Gasteiger partial charge in [-0.3, -0.25) is 0 Å². The smallest absolute Gasteiger partial charge is 0.408 e. The molecule has 3 aliphatic rings. The van der Waals surface area contributed by atoms with E-state index in [1.54, 1.807) is 7.11 Å². The SMILES string of the molecule is COC(=O)C(CCCCN)NC(=O)OC1CCC2(CO2)C(C2OC2CCC(C)C)C1OC. The summed E-state index contributed by atoms with van der Waals surface area (Å²) in [5.74, 6) is 0.161. The summed E-state index contributed by atoms with van der Waals surface area (Å²) >= 11 is 0. The number of ether oxygens (including phenoxy) is 5. The number of nitrogens with one attached hydrogen (secondary N) is 1. The lowest BCUT2D eigenvalue weighted by Crippen LogP contribution is -2.54. The van der Waals surface area contributed by atoms with E-state index in [1.807, 2.05) is 0 Å². The van der Waals surface area contributed by atoms with Crippen LogP contribution in [-0.2, 0) is 28.5 Å². The van der Waals surface area contributed by atoms with E-state index in [1.165, 1.54) is 7.11 Å². The first-order chi connectivity index (χ1) is 15.3. The minimum atomic E-state index is -0.760. The van der Waals surface area contributed by atoms with Crippen LogP contribution in [0.25, 0.3) is 0 Å². The number of nitrogens with two attached hydrogens (primary N) is 1. The van der Waals surface area contributed by atoms with Crippen molar-refractivity contribution >= 4 is 12.1 Å². The van der Waals surface area contributed by atoms with Gasteiger partial charge in [-0.25, -0.2) is 9.59 Å². The fourth-order valence-electron chi connectivity index (χ4n) is 4.99. The van der Waals surface area contributed by atoms with Gasteiger partial charge in [0, 0.05) is 13.0 Å². The zero-order valence-corrected chi connectivity index (χ0v) is 19.8. The van der Waals surface area contributed by atoms with E-state index in [0.29, 0.717) is 38.3 Å². The molecule has 1 spiro atoms. The van der Waals surface area contributed by atoms with Crippen molar-refractivity contribution in [3.05, 3.63) is 0 Å². The van der Waals surface area contributed by atoms with Gasteiger partial charge in [-0.2, -0.15) is 0 Å². The molecule has 0 radical (unpaired) electrons. The average Bonchev–Trinajstić information content (AvgIpc) is 3.69. The normalized spacial score (nSPS) is 34.2. The Morgan fingerprint density at radius 1 is 1.22 bits per heavy atom. The number of epoxide rings is 2. The molecular formula is C23H40N2O7. The van der Waals surface area contributed by atoms with Gasteiger partial charge in [0.05, 0.1) is 31.5 Å². The highest BCUT2D eigenvalue weighted by atomic mass is 16.6. The topological polar surface area (TPSA) is 125 Å². The molecule has 1 amide bonds. The Morgan fingerprint density at radius 2 is 1.97 bits per heavy atom. The molecule has 0 aromatic carbocycles. The molecule has 3 rings (SSSR count). The minimum Gasteiger partial charge on any atom is -0.467 e. The van der Waals surface area contributed by atoms with Crippen LogP contribution in [0.3, 0.4) is 0 Å². The molecule has 2 saturated heterocycles. The van der Waals surface area contributed by atoms with E-state index in [0.717, 1.165) is 25.7 Å². The number of carbonyl (C=O) groups is 2. The van der Waals surface area contributed by atoms with Gasteiger partial charge < -0.3 is 34.7 Å². The van der Waals surface area contributed by atoms with E-state index < -0.39 is 24.2 Å². The van der Waals surface area contributed by atoms with Gasteiger partial charge in [0.25, 0.3) is 0 Å². The van der Waals surface area contributed by atoms with Crippen LogP contribution in [0.4, 0.5) is 4.79 Å². The highest BCUT2D eigenvalue weighted by molar-refractivity contribution is 5.81. The second kappa shape index (κ2) is 11.1. The predicted octanol–water partition coefficient (Wildman–Crippen LogP) is 2.15. The zero-order chi connectivity index (χ0) is 23.3. The van der Waals surface area contributed by atoms with Gasteiger partial charge in [0.15, 0.2) is 0 Å². The summed E-state index contributed by atoms with van der Waals surface area (Å²) < 4.78 is 28.4. The summed E-state index contributed by atoms with van der Waals surface area (Å²) in [6.45, 7) is 5.64. The molecule has 3 N–H and O–H groups in total. The molecule has 0 aromatic heterocycles. The van der Waals surface area contributed by atoms with Gasteiger partial charge in [0.1, 0.15) is 18.2 Å². The monoisotopic (exact) mass is 456 g/mol. The molecule has 1 aliphatic carbocycles. The predicted molar refractivity (Wildman–Crippen MR) is 117 cm³/mol. The Kier molecular flexibility index (Phi) is 8.77. The quantitative estimate of drug-likeness (QED) is 0.260. The van der Waals surface area contributed by atoms with Crippen LogP contribution < -0.4 is 11.1 Å². The molecule has 2 heterocycles. The van der Waals surface area contributed by atoms with E-state index in [4.69, 9.17) is 29.4 Å². The molecule has 184 valence electrons. The maximum Gasteiger partial charge on any atom is 0.408 e. The molecule has 7 unspecified atom stereocenters. The van der Waals surface area contributed by atoms with Crippen LogP contribution in [0.15, 0.2) is 0 Å². The number of esters is 1. The second-order valence-corrected chi connectivity index (χ2v) is 9.68. The molecule has 9 nitrogen and oxygen atoms in total. The standard InChI is InChI=1S/C23H40N2O7/c1-14(2)8-9-16-20(31-16)18-19(28-3)17(10-11-23(18)13-30-23)32-22(27)25-15(21(26)29-4)7-5-6-12-24/h14-20H,5-13,24H2,1-4H3,(H,25,27). The third-order valence-corrected chi connectivity index (χ3v) is 6.95. The molecular weight excluding hydrogens is 416 g/mol. The van der Waals surface area contributed by atoms with Crippen molar-refractivity contribution in [2.24, 2.45) is 17.6 Å². The second-order valence-electron chi connectivity index (χ2n) is 9.68. The van der Waals surface area contributed by atoms with Gasteiger partial charge >= 0.3 is 12.1 Å². The van der Waals surface area contributed by atoms with Crippen molar-refractivity contribution < 1.29 is 33.3 Å². The molecule has 9 heteroatoms. The summed E-state index contributed by atoms with van der Waals surface area (Å²) in [5, 5.41) is 2.66. The van der Waals surface area contributed by atoms with Gasteiger partial charge in [0.2, 0.25) is 0 Å². The fourth-order valence-corrected chi connectivity index (χ4v) is 4.99. The molecule has 3 fully saturated rings. The Labute approximate surface area is 191 Å². The largest absolute Gasteiger partial charge is 0.467 e. The average molecular weight is 457 g/mol. The van der Waals surface area contributed by atoms with Crippen LogP contribution in [0.2, 0.25) is 0 Å². The Morgan fingerprint density at radius 3 is 2.56 bits per heavy atom. The lowest BCUT2D eigenvalue weighted by Gasteiger charge is -2.40. The highest BCUT2D eigenvalue weighted by Gasteiger charge is 2.66. The molecule has 0 aromatic rings. The van der Waals surface area contributed by atoms with E-state index >= 15 is 0 Å². The Bertz CT molecular complexity index is 640. The number of hydrogen-bond acceptors (Lipinski definition) is 8. The summed E-state index contributed by atoms with van der Waals surface area (Å²) in [6, 6.07) is -0.760. The number of hydrogen-bond donors (Lipinski definition) is 2. The minimum absolute atomic E-state index is 0.0252. The number of carbonyl (C=O) groups excluding carboxylic acids is 2. The summed E-state index contributed by atoms with van der Waals surface area (Å²) in [6.07, 6.45) is 4.37. The van der Waals surface area contributed by atoms with Gasteiger partial charge in [-0.05, 0) is 57.4 Å². The first-order valence-electron chi connectivity index (χ1n) is 11.9. The van der Waals surface area contributed by atoms with Crippen molar-refractivity contribution in [2.75, 3.05) is 27.4 Å². The Hall–Kier alpha value is -1.42. The summed E-state index contributed by atoms with van der Waals surface area (Å²) in [5.41, 5.74) is 5.30. The number of unbranched alkanes of at least 4 members (excludes halogenated alkanes) is 1. The van der Waals surface area contributed by atoms with Crippen LogP contribution >= 0.6 is 0 Å². The number of methoxy groups -OCH3 is 2. The highest BCUT2D eigenvalue weighted by Crippen LogP contribution is 2.54. The van der Waals surface area contributed by atoms with Crippen molar-refractivity contribution in [3.8, 4) is 0 Å². The van der Waals surface area contributed by atoms with E-state index in [-0.39, 0.29) is 29.8 Å². The van der Waals surface area contributed by atoms with Gasteiger partial charge in [-0.15, -0.1) is 0 Å². The molecule has 1 saturated carbocycles. The molecule has 32 heavy (non-hydrogen) atoms. The molecule has 7 atom stereocenters.